The van der Waals surface area contributed by atoms with Crippen LogP contribution in [0.2, 0.25) is 0 Å². The lowest BCUT2D eigenvalue weighted by Gasteiger charge is -2.44. The second-order valence-corrected chi connectivity index (χ2v) is 14.4. The molecule has 2 aliphatic heterocycles. The molecule has 4 rings (SSSR count). The van der Waals surface area contributed by atoms with Gasteiger partial charge in [-0.05, 0) is 31.4 Å². The molecule has 1 N–H and O–H groups in total. The molecule has 0 spiro atoms. The van der Waals surface area contributed by atoms with Crippen LogP contribution in [0.3, 0.4) is 0 Å². The molecular weight excluding hydrogens is 645 g/mol. The molecule has 3 amide bonds. The largest absolute Gasteiger partial charge is 0.460 e. The van der Waals surface area contributed by atoms with Crippen LogP contribution in [0.5, 0.6) is 0 Å². The smallest absolute Gasteiger partial charge is 0.414 e. The summed E-state index contributed by atoms with van der Waals surface area (Å²) in [6, 6.07) is 6.90. The summed E-state index contributed by atoms with van der Waals surface area (Å²) < 4.78 is 8.06. The molecule has 1 saturated carbocycles. The van der Waals surface area contributed by atoms with E-state index in [0.29, 0.717) is 16.9 Å². The highest BCUT2D eigenvalue weighted by Crippen LogP contribution is 2.52. The van der Waals surface area contributed by atoms with Gasteiger partial charge in [-0.1, -0.05) is 81.8 Å². The quantitative estimate of drug-likeness (QED) is 0.225. The molecule has 9 nitrogen and oxygen atoms in total. The average Bonchev–Trinajstić information content (AvgIpc) is 3.66. The number of para-hydroxylation sites is 1. The number of carbonyl (C=O) groups is 4. The number of benzene rings is 1. The Labute approximate surface area is 248 Å². The van der Waals surface area contributed by atoms with Gasteiger partial charge in [0.25, 0.3) is 0 Å². The number of amides is 3. The van der Waals surface area contributed by atoms with Crippen LogP contribution in [0.25, 0.3) is 0 Å². The molecule has 38 heavy (non-hydrogen) atoms. The van der Waals surface area contributed by atoms with Gasteiger partial charge < -0.3 is 19.7 Å². The summed E-state index contributed by atoms with van der Waals surface area (Å²) in [5, 5.41) is 2.59. The van der Waals surface area contributed by atoms with Gasteiger partial charge in [0.05, 0.1) is 11.4 Å². The van der Waals surface area contributed by atoms with Gasteiger partial charge in [-0.2, -0.15) is 0 Å². The molecular formula is C24H27BrCl3N3O6S. The van der Waals surface area contributed by atoms with Crippen molar-refractivity contribution in [2.45, 2.75) is 52.2 Å². The Balaban J connectivity index is 1.40. The van der Waals surface area contributed by atoms with Gasteiger partial charge in [-0.15, -0.1) is 11.8 Å². The van der Waals surface area contributed by atoms with E-state index in [1.807, 2.05) is 6.92 Å². The van der Waals surface area contributed by atoms with Gasteiger partial charge in [0.15, 0.2) is 0 Å². The van der Waals surface area contributed by atoms with Crippen molar-refractivity contribution in [3.05, 3.63) is 30.3 Å². The molecule has 2 saturated heterocycles. The lowest BCUT2D eigenvalue weighted by molar-refractivity contribution is -0.164. The van der Waals surface area contributed by atoms with Crippen LogP contribution < -0.4 is 10.2 Å². The van der Waals surface area contributed by atoms with Gasteiger partial charge in [0.2, 0.25) is 15.6 Å². The van der Waals surface area contributed by atoms with Crippen molar-refractivity contribution in [3.63, 3.8) is 0 Å². The van der Waals surface area contributed by atoms with Crippen LogP contribution >= 0.6 is 62.5 Å². The number of nitrogens with zero attached hydrogens (tertiary/aromatic N) is 2. The molecule has 1 aliphatic carbocycles. The molecule has 2 heterocycles. The summed E-state index contributed by atoms with van der Waals surface area (Å²) in [5.41, 5.74) is 0.500. The summed E-state index contributed by atoms with van der Waals surface area (Å²) in [5.74, 6) is -1.07. The van der Waals surface area contributed by atoms with Crippen LogP contribution in [0, 0.1) is 5.92 Å². The highest BCUT2D eigenvalue weighted by Gasteiger charge is 2.65. The number of anilines is 1. The third kappa shape index (κ3) is 6.83. The number of halogens is 4. The number of fused-ring (bicyclic) bond motifs is 1. The van der Waals surface area contributed by atoms with Crippen molar-refractivity contribution in [1.82, 2.24) is 10.2 Å². The highest BCUT2D eigenvalue weighted by atomic mass is 79.9. The zero-order valence-corrected chi connectivity index (χ0v) is 25.1. The molecule has 1 aromatic carbocycles. The SMILES string of the molecule is CC1(CBr)S[C@@H]2C(NC(=O)CN(C(=O)OCCC3CC3)c3ccccc3)C(=O)N2C1C(=O)OCC(Cl)(Cl)Cl. The number of rotatable bonds is 10. The van der Waals surface area contributed by atoms with Gasteiger partial charge in [-0.25, -0.2) is 9.59 Å². The van der Waals surface area contributed by atoms with E-state index in [1.165, 1.54) is 21.6 Å². The fourth-order valence-electron chi connectivity index (χ4n) is 4.38. The second kappa shape index (κ2) is 12.0. The molecule has 1 aromatic rings. The van der Waals surface area contributed by atoms with Gasteiger partial charge in [-0.3, -0.25) is 14.5 Å². The van der Waals surface area contributed by atoms with E-state index in [1.54, 1.807) is 30.3 Å². The molecule has 3 unspecified atom stereocenters. The number of carbonyl (C=O) groups excluding carboxylic acids is 4. The van der Waals surface area contributed by atoms with E-state index in [0.717, 1.165) is 19.3 Å². The molecule has 14 heteroatoms. The normalized spacial score (nSPS) is 26.3. The van der Waals surface area contributed by atoms with Crippen LogP contribution in [0.1, 0.15) is 26.2 Å². The number of hydrogen-bond donors (Lipinski definition) is 1. The average molecular weight is 672 g/mol. The van der Waals surface area contributed by atoms with Crippen molar-refractivity contribution < 1.29 is 28.7 Å². The first-order valence-electron chi connectivity index (χ1n) is 12.0. The molecule has 208 valence electrons. The van der Waals surface area contributed by atoms with Crippen molar-refractivity contribution in [2.75, 3.05) is 30.0 Å². The third-order valence-corrected chi connectivity index (χ3v) is 10.1. The first kappa shape index (κ1) is 29.6. The number of nitrogens with one attached hydrogen (secondary N) is 1. The zero-order chi connectivity index (χ0) is 27.7. The van der Waals surface area contributed by atoms with Crippen LogP contribution in [0.15, 0.2) is 30.3 Å². The zero-order valence-electron chi connectivity index (χ0n) is 20.4. The maximum absolute atomic E-state index is 13.1. The number of thioether (sulfide) groups is 1. The van der Waals surface area contributed by atoms with Crippen molar-refractivity contribution in [2.24, 2.45) is 5.92 Å². The number of esters is 1. The predicted molar refractivity (Wildman–Crippen MR) is 150 cm³/mol. The fourth-order valence-corrected chi connectivity index (χ4v) is 6.86. The minimum absolute atomic E-state index is 0.282. The van der Waals surface area contributed by atoms with Crippen molar-refractivity contribution in [3.8, 4) is 0 Å². The molecule has 0 aromatic heterocycles. The maximum Gasteiger partial charge on any atom is 0.414 e. The summed E-state index contributed by atoms with van der Waals surface area (Å²) in [6.45, 7) is 1.30. The lowest BCUT2D eigenvalue weighted by atomic mass is 9.96. The first-order valence-corrected chi connectivity index (χ1v) is 15.1. The fraction of sp³-hybridized carbons (Fsp3) is 0.583. The summed E-state index contributed by atoms with van der Waals surface area (Å²) in [7, 11) is 0. The number of ether oxygens (including phenoxy) is 2. The van der Waals surface area contributed by atoms with Crippen LogP contribution in [-0.4, -0.2) is 79.9 Å². The minimum atomic E-state index is -1.79. The molecule has 0 bridgehead atoms. The Bertz CT molecular complexity index is 1080. The Hall–Kier alpha value is -1.40. The van der Waals surface area contributed by atoms with Crippen LogP contribution in [-0.2, 0) is 23.9 Å². The first-order chi connectivity index (χ1) is 17.9. The van der Waals surface area contributed by atoms with E-state index < -0.39 is 56.5 Å². The standard InChI is InChI=1S/C24H27BrCl3N3O6S/c1-23(12-25)18(21(34)37-13-24(26,27)28)31-19(33)17(20(31)38-23)29-16(32)11-30(15-5-3-2-4-6-15)22(35)36-10-9-14-7-8-14/h2-6,14,17-18,20H,7-13H2,1H3,(H,29,32)/t17?,18?,20-,23?/m1/s1. The van der Waals surface area contributed by atoms with E-state index in [4.69, 9.17) is 44.3 Å². The molecule has 3 aliphatic rings. The number of β-lactam (4-membered cyclic amide) rings is 1. The second-order valence-electron chi connectivity index (χ2n) is 9.64. The van der Waals surface area contributed by atoms with Crippen molar-refractivity contribution in [1.29, 1.82) is 0 Å². The predicted octanol–water partition coefficient (Wildman–Crippen LogP) is 4.27. The number of alkyl halides is 4. The molecule has 3 fully saturated rings. The van der Waals surface area contributed by atoms with Crippen molar-refractivity contribution >= 4 is 92.1 Å². The maximum atomic E-state index is 13.1. The summed E-state index contributed by atoms with van der Waals surface area (Å²) >= 11 is 21.9. The number of hydrogen-bond acceptors (Lipinski definition) is 7. The van der Waals surface area contributed by atoms with E-state index in [9.17, 15) is 19.2 Å². The Morgan fingerprint density at radius 1 is 1.21 bits per heavy atom. The summed E-state index contributed by atoms with van der Waals surface area (Å²) in [4.78, 5) is 54.5. The Kier molecular flexibility index (Phi) is 9.34. The highest BCUT2D eigenvalue weighted by molar-refractivity contribution is 9.09. The van der Waals surface area contributed by atoms with Crippen LogP contribution in [0.4, 0.5) is 10.5 Å². The van der Waals surface area contributed by atoms with E-state index >= 15 is 0 Å². The minimum Gasteiger partial charge on any atom is -0.460 e. The third-order valence-electron chi connectivity index (χ3n) is 6.55. The van der Waals surface area contributed by atoms with Gasteiger partial charge >= 0.3 is 12.1 Å². The Morgan fingerprint density at radius 3 is 2.50 bits per heavy atom. The summed E-state index contributed by atoms with van der Waals surface area (Å²) in [6.07, 6.45) is 2.46. The van der Waals surface area contributed by atoms with Gasteiger partial charge in [0, 0.05) is 11.0 Å². The molecule has 0 radical (unpaired) electrons. The topological polar surface area (TPSA) is 105 Å². The molecule has 4 atom stereocenters. The Morgan fingerprint density at radius 2 is 1.89 bits per heavy atom. The van der Waals surface area contributed by atoms with E-state index in [-0.39, 0.29) is 13.2 Å². The lowest BCUT2D eigenvalue weighted by Crippen LogP contribution is -2.71. The van der Waals surface area contributed by atoms with Gasteiger partial charge in [0.1, 0.15) is 30.6 Å². The monoisotopic (exact) mass is 669 g/mol. The van der Waals surface area contributed by atoms with E-state index in [2.05, 4.69) is 21.2 Å².